The zero-order valence-electron chi connectivity index (χ0n) is 11.6. The van der Waals surface area contributed by atoms with Crippen LogP contribution in [0, 0.1) is 0 Å². The summed E-state index contributed by atoms with van der Waals surface area (Å²) in [6.45, 7) is 2.31. The average Bonchev–Trinajstić information content (AvgIpc) is 3.09. The van der Waals surface area contributed by atoms with Crippen LogP contribution in [0.1, 0.15) is 34.0 Å². The third-order valence-electron chi connectivity index (χ3n) is 2.80. The number of amides is 2. The van der Waals surface area contributed by atoms with Crippen LogP contribution in [-0.2, 0) is 6.54 Å². The predicted octanol–water partition coefficient (Wildman–Crippen LogP) is 2.81. The molecule has 1 atom stereocenters. The van der Waals surface area contributed by atoms with Gasteiger partial charge in [-0.25, -0.2) is 14.6 Å². The minimum absolute atomic E-state index is 0.00252. The molecule has 2 rings (SSSR count). The summed E-state index contributed by atoms with van der Waals surface area (Å²) in [4.78, 5) is 28.4. The maximum atomic E-state index is 12.1. The molecule has 0 spiro atoms. The minimum Gasteiger partial charge on any atom is -0.476 e. The van der Waals surface area contributed by atoms with Crippen molar-refractivity contribution in [3.63, 3.8) is 0 Å². The number of aromatic nitrogens is 1. The van der Waals surface area contributed by atoms with Crippen LogP contribution >= 0.6 is 22.7 Å². The van der Waals surface area contributed by atoms with Gasteiger partial charge in [-0.15, -0.1) is 11.3 Å². The van der Waals surface area contributed by atoms with E-state index in [-0.39, 0.29) is 17.8 Å². The lowest BCUT2D eigenvalue weighted by Gasteiger charge is -2.20. The number of urea groups is 1. The number of carbonyl (C=O) groups excluding carboxylic acids is 1. The first-order valence-corrected chi connectivity index (χ1v) is 8.01. The van der Waals surface area contributed by atoms with Crippen molar-refractivity contribution in [3.8, 4) is 0 Å². The lowest BCUT2D eigenvalue weighted by atomic mass is 10.3. The standard InChI is InChI=1S/C13H15N3O3S2/c1-8(11-15-10(7-21-11)12(17)18)14-13(19)16(2)5-9-3-4-20-6-9/h3-4,6-8H,5H2,1-2H3,(H,14,19)(H,17,18). The van der Waals surface area contributed by atoms with Crippen LogP contribution in [0.5, 0.6) is 0 Å². The Morgan fingerprint density at radius 1 is 1.48 bits per heavy atom. The molecule has 0 saturated heterocycles. The number of carbonyl (C=O) groups is 2. The van der Waals surface area contributed by atoms with Gasteiger partial charge in [0.15, 0.2) is 5.69 Å². The van der Waals surface area contributed by atoms with Gasteiger partial charge >= 0.3 is 12.0 Å². The third kappa shape index (κ3) is 4.02. The van der Waals surface area contributed by atoms with Gasteiger partial charge in [-0.2, -0.15) is 11.3 Å². The molecule has 0 radical (unpaired) electrons. The molecule has 2 aromatic rings. The van der Waals surface area contributed by atoms with E-state index in [1.165, 1.54) is 16.7 Å². The van der Waals surface area contributed by atoms with Gasteiger partial charge in [-0.3, -0.25) is 0 Å². The highest BCUT2D eigenvalue weighted by molar-refractivity contribution is 7.10. The molecule has 0 saturated carbocycles. The first kappa shape index (κ1) is 15.5. The van der Waals surface area contributed by atoms with E-state index in [1.807, 2.05) is 16.8 Å². The zero-order chi connectivity index (χ0) is 15.4. The molecule has 6 nitrogen and oxygen atoms in total. The summed E-state index contributed by atoms with van der Waals surface area (Å²) in [7, 11) is 1.71. The Morgan fingerprint density at radius 3 is 2.81 bits per heavy atom. The molecule has 21 heavy (non-hydrogen) atoms. The Hall–Kier alpha value is -1.93. The van der Waals surface area contributed by atoms with Crippen LogP contribution in [0.2, 0.25) is 0 Å². The van der Waals surface area contributed by atoms with Crippen molar-refractivity contribution in [1.29, 1.82) is 0 Å². The van der Waals surface area contributed by atoms with Crippen molar-refractivity contribution in [3.05, 3.63) is 38.5 Å². The largest absolute Gasteiger partial charge is 0.476 e. The van der Waals surface area contributed by atoms with Gasteiger partial charge < -0.3 is 15.3 Å². The molecule has 2 amide bonds. The second kappa shape index (κ2) is 6.68. The van der Waals surface area contributed by atoms with E-state index in [0.29, 0.717) is 11.6 Å². The summed E-state index contributed by atoms with van der Waals surface area (Å²) >= 11 is 2.81. The molecule has 112 valence electrons. The normalized spacial score (nSPS) is 11.9. The monoisotopic (exact) mass is 325 g/mol. The lowest BCUT2D eigenvalue weighted by Crippen LogP contribution is -2.38. The molecule has 0 aliphatic rings. The first-order valence-electron chi connectivity index (χ1n) is 6.18. The van der Waals surface area contributed by atoms with E-state index in [4.69, 9.17) is 5.11 Å². The number of rotatable bonds is 5. The van der Waals surface area contributed by atoms with Crippen molar-refractivity contribution in [1.82, 2.24) is 15.2 Å². The molecule has 0 aliphatic carbocycles. The summed E-state index contributed by atoms with van der Waals surface area (Å²) in [5.41, 5.74) is 1.08. The zero-order valence-corrected chi connectivity index (χ0v) is 13.2. The van der Waals surface area contributed by atoms with Crippen molar-refractivity contribution in [2.45, 2.75) is 19.5 Å². The second-order valence-corrected chi connectivity index (χ2v) is 6.20. The number of nitrogens with one attached hydrogen (secondary N) is 1. The van der Waals surface area contributed by atoms with Crippen LogP contribution in [0.15, 0.2) is 22.2 Å². The molecule has 0 aliphatic heterocycles. The summed E-state index contributed by atoms with van der Waals surface area (Å²) in [5, 5.41) is 17.6. The number of hydrogen-bond acceptors (Lipinski definition) is 5. The number of carboxylic acid groups (broad SMARTS) is 1. The topological polar surface area (TPSA) is 82.5 Å². The highest BCUT2D eigenvalue weighted by atomic mass is 32.1. The SMILES string of the molecule is CC(NC(=O)N(C)Cc1ccsc1)c1nc(C(=O)O)cs1. The van der Waals surface area contributed by atoms with Crippen LogP contribution < -0.4 is 5.32 Å². The Kier molecular flexibility index (Phi) is 4.92. The number of thiophene rings is 1. The van der Waals surface area contributed by atoms with Crippen LogP contribution in [-0.4, -0.2) is 34.0 Å². The van der Waals surface area contributed by atoms with Gasteiger partial charge in [0.2, 0.25) is 0 Å². The van der Waals surface area contributed by atoms with E-state index >= 15 is 0 Å². The molecular formula is C13H15N3O3S2. The number of nitrogens with zero attached hydrogens (tertiary/aromatic N) is 2. The summed E-state index contributed by atoms with van der Waals surface area (Å²) < 4.78 is 0. The van der Waals surface area contributed by atoms with Gasteiger partial charge in [0.1, 0.15) is 5.01 Å². The fourth-order valence-electron chi connectivity index (χ4n) is 1.67. The van der Waals surface area contributed by atoms with Crippen molar-refractivity contribution in [2.24, 2.45) is 0 Å². The van der Waals surface area contributed by atoms with E-state index in [1.54, 1.807) is 30.2 Å². The van der Waals surface area contributed by atoms with Crippen molar-refractivity contribution >= 4 is 34.7 Å². The molecular weight excluding hydrogens is 310 g/mol. The number of hydrogen-bond donors (Lipinski definition) is 2. The number of carboxylic acids is 1. The third-order valence-corrected chi connectivity index (χ3v) is 4.56. The number of thiazole rings is 1. The lowest BCUT2D eigenvalue weighted by molar-refractivity contribution is 0.0691. The van der Waals surface area contributed by atoms with Gasteiger partial charge in [0, 0.05) is 19.0 Å². The smallest absolute Gasteiger partial charge is 0.355 e. The molecule has 0 bridgehead atoms. The first-order chi connectivity index (χ1) is 9.97. The second-order valence-electron chi connectivity index (χ2n) is 4.53. The highest BCUT2D eigenvalue weighted by Crippen LogP contribution is 2.18. The summed E-state index contributed by atoms with van der Waals surface area (Å²) in [6.07, 6.45) is 0. The van der Waals surface area contributed by atoms with Crippen LogP contribution in [0.3, 0.4) is 0 Å². The number of aromatic carboxylic acids is 1. The summed E-state index contributed by atoms with van der Waals surface area (Å²) in [5.74, 6) is -1.06. The van der Waals surface area contributed by atoms with E-state index in [9.17, 15) is 9.59 Å². The average molecular weight is 325 g/mol. The Morgan fingerprint density at radius 2 is 2.24 bits per heavy atom. The molecule has 2 N–H and O–H groups in total. The Balaban J connectivity index is 1.93. The van der Waals surface area contributed by atoms with E-state index in [2.05, 4.69) is 10.3 Å². The van der Waals surface area contributed by atoms with E-state index < -0.39 is 5.97 Å². The van der Waals surface area contributed by atoms with Crippen molar-refractivity contribution < 1.29 is 14.7 Å². The van der Waals surface area contributed by atoms with Gasteiger partial charge in [0.05, 0.1) is 6.04 Å². The minimum atomic E-state index is -1.06. The van der Waals surface area contributed by atoms with Gasteiger partial charge in [-0.05, 0) is 29.3 Å². The molecule has 2 aromatic heterocycles. The molecule has 1 unspecified atom stereocenters. The Bertz CT molecular complexity index is 624. The Labute approximate surface area is 130 Å². The quantitative estimate of drug-likeness (QED) is 0.885. The maximum Gasteiger partial charge on any atom is 0.355 e. The molecule has 0 aromatic carbocycles. The predicted molar refractivity (Wildman–Crippen MR) is 81.8 cm³/mol. The maximum absolute atomic E-state index is 12.1. The molecule has 8 heteroatoms. The fraction of sp³-hybridized carbons (Fsp3) is 0.308. The van der Waals surface area contributed by atoms with Crippen LogP contribution in [0.4, 0.5) is 4.79 Å². The van der Waals surface area contributed by atoms with Crippen molar-refractivity contribution in [2.75, 3.05) is 7.05 Å². The van der Waals surface area contributed by atoms with Crippen LogP contribution in [0.25, 0.3) is 0 Å². The molecule has 2 heterocycles. The van der Waals surface area contributed by atoms with E-state index in [0.717, 1.165) is 5.56 Å². The fourth-order valence-corrected chi connectivity index (χ4v) is 3.13. The van der Waals surface area contributed by atoms with Gasteiger partial charge in [0.25, 0.3) is 0 Å². The molecule has 0 fully saturated rings. The van der Waals surface area contributed by atoms with Gasteiger partial charge in [-0.1, -0.05) is 0 Å². The summed E-state index contributed by atoms with van der Waals surface area (Å²) in [6, 6.07) is 1.42. The highest BCUT2D eigenvalue weighted by Gasteiger charge is 2.18.